The first-order chi connectivity index (χ1) is 9.17. The molecule has 1 amide bonds. The number of rotatable bonds is 3. The van der Waals surface area contributed by atoms with Crippen LogP contribution in [-0.2, 0) is 6.54 Å². The van der Waals surface area contributed by atoms with Gasteiger partial charge in [0.25, 0.3) is 5.91 Å². The molecule has 0 atom stereocenters. The number of benzene rings is 1. The van der Waals surface area contributed by atoms with E-state index in [1.54, 1.807) is 35.1 Å². The van der Waals surface area contributed by atoms with Crippen LogP contribution in [0, 0.1) is 18.3 Å². The Bertz CT molecular complexity index is 652. The molecule has 5 nitrogen and oxygen atoms in total. The average Bonchev–Trinajstić information content (AvgIpc) is 2.80. The van der Waals surface area contributed by atoms with Gasteiger partial charge < -0.3 is 5.32 Å². The van der Waals surface area contributed by atoms with Gasteiger partial charge in [0, 0.05) is 12.2 Å². The number of carbonyl (C=O) groups is 1. The monoisotopic (exact) mass is 254 g/mol. The van der Waals surface area contributed by atoms with E-state index in [4.69, 9.17) is 5.26 Å². The maximum Gasteiger partial charge on any atom is 0.259 e. The Hall–Kier alpha value is -2.61. The molecule has 1 N–H and O–H groups in total. The smallest absolute Gasteiger partial charge is 0.259 e. The van der Waals surface area contributed by atoms with Crippen molar-refractivity contribution in [1.29, 1.82) is 5.26 Å². The van der Waals surface area contributed by atoms with Crippen LogP contribution in [0.4, 0.5) is 5.69 Å². The second-order valence-corrected chi connectivity index (χ2v) is 4.07. The normalized spacial score (nSPS) is 9.95. The Balaban J connectivity index is 2.26. The number of nitrogens with zero attached hydrogens (tertiary/aromatic N) is 3. The number of carbonyl (C=O) groups excluding carboxylic acids is 1. The Morgan fingerprint density at radius 1 is 1.47 bits per heavy atom. The lowest BCUT2D eigenvalue weighted by Crippen LogP contribution is -2.14. The van der Waals surface area contributed by atoms with Crippen molar-refractivity contribution < 1.29 is 4.79 Å². The van der Waals surface area contributed by atoms with E-state index in [0.29, 0.717) is 23.4 Å². The fourth-order valence-corrected chi connectivity index (χ4v) is 1.87. The minimum Gasteiger partial charge on any atom is -0.321 e. The van der Waals surface area contributed by atoms with Gasteiger partial charge in [0.15, 0.2) is 0 Å². The fraction of sp³-hybridized carbons (Fsp3) is 0.214. The van der Waals surface area contributed by atoms with Crippen molar-refractivity contribution in [3.8, 4) is 6.07 Å². The zero-order chi connectivity index (χ0) is 13.8. The molecule has 1 aromatic heterocycles. The molecule has 0 unspecified atom stereocenters. The Morgan fingerprint density at radius 3 is 2.84 bits per heavy atom. The van der Waals surface area contributed by atoms with E-state index in [2.05, 4.69) is 10.4 Å². The number of amides is 1. The lowest BCUT2D eigenvalue weighted by Gasteiger charge is -2.06. The predicted molar refractivity (Wildman–Crippen MR) is 71.7 cm³/mol. The second kappa shape index (κ2) is 5.36. The number of anilines is 1. The molecule has 96 valence electrons. The minimum absolute atomic E-state index is 0.250. The molecule has 0 aliphatic carbocycles. The highest BCUT2D eigenvalue weighted by atomic mass is 16.1. The van der Waals surface area contributed by atoms with Gasteiger partial charge in [-0.2, -0.15) is 10.4 Å². The van der Waals surface area contributed by atoms with Crippen molar-refractivity contribution in [3.63, 3.8) is 0 Å². The highest BCUT2D eigenvalue weighted by Crippen LogP contribution is 2.16. The molecule has 0 fully saturated rings. The van der Waals surface area contributed by atoms with E-state index in [1.807, 2.05) is 19.9 Å². The number of hydrogen-bond donors (Lipinski definition) is 1. The highest BCUT2D eigenvalue weighted by Gasteiger charge is 2.14. The van der Waals surface area contributed by atoms with Gasteiger partial charge in [-0.15, -0.1) is 0 Å². The molecule has 1 heterocycles. The predicted octanol–water partition coefficient (Wildman–Crippen LogP) is 2.34. The van der Waals surface area contributed by atoms with Crippen LogP contribution in [0.1, 0.15) is 28.5 Å². The van der Waals surface area contributed by atoms with E-state index in [-0.39, 0.29) is 5.91 Å². The fourth-order valence-electron chi connectivity index (χ4n) is 1.87. The zero-order valence-corrected chi connectivity index (χ0v) is 10.8. The summed E-state index contributed by atoms with van der Waals surface area (Å²) in [6.45, 7) is 4.53. The zero-order valence-electron chi connectivity index (χ0n) is 10.8. The lowest BCUT2D eigenvalue weighted by molar-refractivity contribution is 0.102. The standard InChI is InChI=1S/C14H14N4O/c1-3-18-10(2)12(9-16-18)14(19)17-13-7-5-4-6-11(13)8-15/h4-7,9H,3H2,1-2H3,(H,17,19). The van der Waals surface area contributed by atoms with E-state index in [9.17, 15) is 4.79 Å². The summed E-state index contributed by atoms with van der Waals surface area (Å²) >= 11 is 0. The van der Waals surface area contributed by atoms with Crippen molar-refractivity contribution in [1.82, 2.24) is 9.78 Å². The summed E-state index contributed by atoms with van der Waals surface area (Å²) in [6, 6.07) is 8.95. The summed E-state index contributed by atoms with van der Waals surface area (Å²) in [5.41, 5.74) is 2.29. The van der Waals surface area contributed by atoms with Crippen LogP contribution in [0.2, 0.25) is 0 Å². The van der Waals surface area contributed by atoms with Crippen molar-refractivity contribution in [2.75, 3.05) is 5.32 Å². The van der Waals surface area contributed by atoms with Gasteiger partial charge >= 0.3 is 0 Å². The van der Waals surface area contributed by atoms with Crippen molar-refractivity contribution >= 4 is 11.6 Å². The van der Waals surface area contributed by atoms with Crippen LogP contribution in [0.25, 0.3) is 0 Å². The molecule has 0 saturated carbocycles. The van der Waals surface area contributed by atoms with Crippen LogP contribution in [0.3, 0.4) is 0 Å². The van der Waals surface area contributed by atoms with E-state index >= 15 is 0 Å². The van der Waals surface area contributed by atoms with Gasteiger partial charge in [-0.05, 0) is 26.0 Å². The van der Waals surface area contributed by atoms with Crippen LogP contribution in [0.15, 0.2) is 30.5 Å². The number of aryl methyl sites for hydroxylation is 1. The Morgan fingerprint density at radius 2 is 2.21 bits per heavy atom. The molecule has 0 radical (unpaired) electrons. The van der Waals surface area contributed by atoms with Crippen LogP contribution >= 0.6 is 0 Å². The molecule has 0 spiro atoms. The molecular weight excluding hydrogens is 240 g/mol. The molecule has 1 aromatic carbocycles. The molecule has 0 saturated heterocycles. The molecule has 2 rings (SSSR count). The highest BCUT2D eigenvalue weighted by molar-refractivity contribution is 6.05. The Labute approximate surface area is 111 Å². The van der Waals surface area contributed by atoms with E-state index < -0.39 is 0 Å². The quantitative estimate of drug-likeness (QED) is 0.913. The maximum atomic E-state index is 12.2. The van der Waals surface area contributed by atoms with Gasteiger partial charge in [-0.3, -0.25) is 9.48 Å². The summed E-state index contributed by atoms with van der Waals surface area (Å²) in [5, 5.41) is 15.9. The molecule has 0 bridgehead atoms. The summed E-state index contributed by atoms with van der Waals surface area (Å²) < 4.78 is 1.76. The number of nitrogens with one attached hydrogen (secondary N) is 1. The third-order valence-electron chi connectivity index (χ3n) is 2.94. The van der Waals surface area contributed by atoms with Crippen molar-refractivity contribution in [2.24, 2.45) is 0 Å². The van der Waals surface area contributed by atoms with Gasteiger partial charge in [0.1, 0.15) is 6.07 Å². The first kappa shape index (κ1) is 12.8. The lowest BCUT2D eigenvalue weighted by atomic mass is 10.2. The summed E-state index contributed by atoms with van der Waals surface area (Å²) in [6.07, 6.45) is 1.54. The molecular formula is C14H14N4O. The number of para-hydroxylation sites is 1. The summed E-state index contributed by atoms with van der Waals surface area (Å²) in [5.74, 6) is -0.250. The molecule has 2 aromatic rings. The van der Waals surface area contributed by atoms with Gasteiger partial charge in [0.05, 0.1) is 23.0 Å². The molecule has 0 aliphatic rings. The number of aromatic nitrogens is 2. The van der Waals surface area contributed by atoms with Gasteiger partial charge in [0.2, 0.25) is 0 Å². The van der Waals surface area contributed by atoms with E-state index in [1.165, 1.54) is 0 Å². The third kappa shape index (κ3) is 2.47. The van der Waals surface area contributed by atoms with Crippen LogP contribution < -0.4 is 5.32 Å². The summed E-state index contributed by atoms with van der Waals surface area (Å²) in [7, 11) is 0. The first-order valence-corrected chi connectivity index (χ1v) is 6.00. The number of hydrogen-bond acceptors (Lipinski definition) is 3. The molecule has 5 heteroatoms. The third-order valence-corrected chi connectivity index (χ3v) is 2.94. The SMILES string of the molecule is CCn1ncc(C(=O)Nc2ccccc2C#N)c1C. The minimum atomic E-state index is -0.250. The van der Waals surface area contributed by atoms with Crippen molar-refractivity contribution in [2.45, 2.75) is 20.4 Å². The topological polar surface area (TPSA) is 70.7 Å². The average molecular weight is 254 g/mol. The first-order valence-electron chi connectivity index (χ1n) is 6.00. The van der Waals surface area contributed by atoms with Crippen LogP contribution in [-0.4, -0.2) is 15.7 Å². The van der Waals surface area contributed by atoms with Gasteiger partial charge in [-0.1, -0.05) is 12.1 Å². The van der Waals surface area contributed by atoms with E-state index in [0.717, 1.165) is 5.69 Å². The van der Waals surface area contributed by atoms with Crippen molar-refractivity contribution in [3.05, 3.63) is 47.3 Å². The number of nitriles is 1. The van der Waals surface area contributed by atoms with Crippen LogP contribution in [0.5, 0.6) is 0 Å². The molecule has 0 aliphatic heterocycles. The maximum absolute atomic E-state index is 12.2. The Kier molecular flexibility index (Phi) is 3.62. The largest absolute Gasteiger partial charge is 0.321 e. The molecule has 19 heavy (non-hydrogen) atoms. The summed E-state index contributed by atoms with van der Waals surface area (Å²) in [4.78, 5) is 12.2. The van der Waals surface area contributed by atoms with Gasteiger partial charge in [-0.25, -0.2) is 0 Å². The second-order valence-electron chi connectivity index (χ2n) is 4.07.